The van der Waals surface area contributed by atoms with Crippen LogP contribution in [0, 0.1) is 5.92 Å². The minimum Gasteiger partial charge on any atom is -0.494 e. The van der Waals surface area contributed by atoms with Crippen LogP contribution in [0.1, 0.15) is 27.2 Å². The van der Waals surface area contributed by atoms with Gasteiger partial charge < -0.3 is 15.8 Å². The Labute approximate surface area is 126 Å². The van der Waals surface area contributed by atoms with Gasteiger partial charge in [0.25, 0.3) is 0 Å². The molecule has 1 fully saturated rings. The zero-order valence-electron chi connectivity index (χ0n) is 13.2. The zero-order valence-corrected chi connectivity index (χ0v) is 13.2. The molecular weight excluding hydrogens is 266 g/mol. The number of likely N-dealkylation sites (tertiary alicyclic amines) is 1. The van der Waals surface area contributed by atoms with Crippen molar-refractivity contribution in [2.24, 2.45) is 5.92 Å². The van der Waals surface area contributed by atoms with Crippen LogP contribution in [-0.4, -0.2) is 36.5 Å². The van der Waals surface area contributed by atoms with Crippen LogP contribution in [0.25, 0.3) is 0 Å². The number of carbonyl (C=O) groups is 1. The number of methoxy groups -OCH3 is 1. The minimum atomic E-state index is -0.160. The normalized spacial score (nSPS) is 23.8. The number of nitrogens with zero attached hydrogens (tertiary/aromatic N) is 1. The summed E-state index contributed by atoms with van der Waals surface area (Å²) in [5.41, 5.74) is 6.99. The highest BCUT2D eigenvalue weighted by atomic mass is 16.5. The van der Waals surface area contributed by atoms with Crippen molar-refractivity contribution in [1.29, 1.82) is 0 Å². The Morgan fingerprint density at radius 3 is 2.76 bits per heavy atom. The SMILES string of the molecule is COc1cc(N)ccc1NC(=O)C(C)N1CC(C)CC1C. The molecule has 1 aliphatic rings. The number of hydrogen-bond donors (Lipinski definition) is 2. The lowest BCUT2D eigenvalue weighted by atomic mass is 10.1. The number of benzene rings is 1. The third-order valence-corrected chi connectivity index (χ3v) is 4.19. The van der Waals surface area contributed by atoms with Gasteiger partial charge in [-0.2, -0.15) is 0 Å². The first kappa shape index (κ1) is 15.6. The van der Waals surface area contributed by atoms with Gasteiger partial charge in [0.05, 0.1) is 18.8 Å². The standard InChI is InChI=1S/C16H25N3O2/c1-10-7-11(2)19(9-10)12(3)16(20)18-14-6-5-13(17)8-15(14)21-4/h5-6,8,10-12H,7,9,17H2,1-4H3,(H,18,20). The molecule has 0 saturated carbocycles. The highest BCUT2D eigenvalue weighted by molar-refractivity contribution is 5.96. The van der Waals surface area contributed by atoms with Crippen molar-refractivity contribution in [2.45, 2.75) is 39.3 Å². The topological polar surface area (TPSA) is 67.6 Å². The molecule has 3 atom stereocenters. The van der Waals surface area contributed by atoms with Gasteiger partial charge in [-0.05, 0) is 38.3 Å². The number of nitrogens with one attached hydrogen (secondary N) is 1. The molecule has 0 aliphatic carbocycles. The number of hydrogen-bond acceptors (Lipinski definition) is 4. The molecule has 1 amide bonds. The molecule has 1 aromatic rings. The Balaban J connectivity index is 2.07. The van der Waals surface area contributed by atoms with Crippen LogP contribution in [0.15, 0.2) is 18.2 Å². The summed E-state index contributed by atoms with van der Waals surface area (Å²) < 4.78 is 5.26. The van der Waals surface area contributed by atoms with Crippen molar-refractivity contribution in [2.75, 3.05) is 24.7 Å². The second-order valence-electron chi connectivity index (χ2n) is 6.01. The molecule has 0 aromatic heterocycles. The van der Waals surface area contributed by atoms with Crippen molar-refractivity contribution in [3.8, 4) is 5.75 Å². The first-order valence-electron chi connectivity index (χ1n) is 7.42. The van der Waals surface area contributed by atoms with Crippen molar-refractivity contribution in [3.63, 3.8) is 0 Å². The van der Waals surface area contributed by atoms with E-state index in [1.807, 2.05) is 6.92 Å². The number of amides is 1. The van der Waals surface area contributed by atoms with E-state index >= 15 is 0 Å². The first-order valence-corrected chi connectivity index (χ1v) is 7.42. The summed E-state index contributed by atoms with van der Waals surface area (Å²) in [6, 6.07) is 5.51. The molecule has 2 rings (SSSR count). The largest absolute Gasteiger partial charge is 0.494 e. The molecule has 0 radical (unpaired) electrons. The Hall–Kier alpha value is -1.75. The zero-order chi connectivity index (χ0) is 15.6. The van der Waals surface area contributed by atoms with Crippen molar-refractivity contribution >= 4 is 17.3 Å². The molecular formula is C16H25N3O2. The fraction of sp³-hybridized carbons (Fsp3) is 0.562. The summed E-state index contributed by atoms with van der Waals surface area (Å²) in [6.07, 6.45) is 1.14. The second kappa shape index (κ2) is 6.35. The minimum absolute atomic E-state index is 0.0148. The molecule has 1 saturated heterocycles. The van der Waals surface area contributed by atoms with Crippen LogP contribution in [0.4, 0.5) is 11.4 Å². The van der Waals surface area contributed by atoms with Crippen molar-refractivity contribution < 1.29 is 9.53 Å². The monoisotopic (exact) mass is 291 g/mol. The molecule has 3 N–H and O–H groups in total. The number of carbonyl (C=O) groups excluding carboxylic acids is 1. The number of ether oxygens (including phenoxy) is 1. The molecule has 1 heterocycles. The summed E-state index contributed by atoms with van der Waals surface area (Å²) in [5.74, 6) is 1.21. The highest BCUT2D eigenvalue weighted by Gasteiger charge is 2.33. The van der Waals surface area contributed by atoms with Crippen LogP contribution in [-0.2, 0) is 4.79 Å². The van der Waals surface area contributed by atoms with Gasteiger partial charge in [-0.1, -0.05) is 6.92 Å². The predicted molar refractivity (Wildman–Crippen MR) is 85.4 cm³/mol. The first-order chi connectivity index (χ1) is 9.92. The molecule has 1 aliphatic heterocycles. The van der Waals surface area contributed by atoms with E-state index in [4.69, 9.17) is 10.5 Å². The average molecular weight is 291 g/mol. The van der Waals surface area contributed by atoms with E-state index in [-0.39, 0.29) is 11.9 Å². The number of rotatable bonds is 4. The van der Waals surface area contributed by atoms with Gasteiger partial charge >= 0.3 is 0 Å². The third kappa shape index (κ3) is 3.47. The number of anilines is 2. The molecule has 1 aromatic carbocycles. The Kier molecular flexibility index (Phi) is 4.73. The van der Waals surface area contributed by atoms with Crippen molar-refractivity contribution in [1.82, 2.24) is 4.90 Å². The van der Waals surface area contributed by atoms with Gasteiger partial charge in [0.15, 0.2) is 0 Å². The molecule has 3 unspecified atom stereocenters. The Bertz CT molecular complexity index is 518. The van der Waals surface area contributed by atoms with E-state index in [1.54, 1.807) is 25.3 Å². The van der Waals surface area contributed by atoms with Gasteiger partial charge in [-0.3, -0.25) is 9.69 Å². The summed E-state index contributed by atoms with van der Waals surface area (Å²) in [4.78, 5) is 14.7. The van der Waals surface area contributed by atoms with E-state index in [2.05, 4.69) is 24.1 Å². The third-order valence-electron chi connectivity index (χ3n) is 4.19. The van der Waals surface area contributed by atoms with Gasteiger partial charge in [0.2, 0.25) is 5.91 Å². The van der Waals surface area contributed by atoms with E-state index < -0.39 is 0 Å². The maximum atomic E-state index is 12.5. The van der Waals surface area contributed by atoms with Crippen LogP contribution in [0.2, 0.25) is 0 Å². The molecule has 116 valence electrons. The molecule has 0 spiro atoms. The van der Waals surface area contributed by atoms with Gasteiger partial charge in [-0.25, -0.2) is 0 Å². The Morgan fingerprint density at radius 2 is 2.19 bits per heavy atom. The molecule has 5 nitrogen and oxygen atoms in total. The fourth-order valence-corrected chi connectivity index (χ4v) is 3.07. The smallest absolute Gasteiger partial charge is 0.241 e. The van der Waals surface area contributed by atoms with Gasteiger partial charge in [0.1, 0.15) is 5.75 Å². The predicted octanol–water partition coefficient (Wildman–Crippen LogP) is 2.33. The second-order valence-corrected chi connectivity index (χ2v) is 6.01. The van der Waals surface area contributed by atoms with E-state index in [9.17, 15) is 4.79 Å². The van der Waals surface area contributed by atoms with Gasteiger partial charge in [-0.15, -0.1) is 0 Å². The fourth-order valence-electron chi connectivity index (χ4n) is 3.07. The number of nitrogen functional groups attached to an aromatic ring is 1. The maximum absolute atomic E-state index is 12.5. The van der Waals surface area contributed by atoms with E-state index in [1.165, 1.54) is 0 Å². The van der Waals surface area contributed by atoms with Crippen molar-refractivity contribution in [3.05, 3.63) is 18.2 Å². The summed E-state index contributed by atoms with van der Waals surface area (Å²) in [5, 5.41) is 2.94. The highest BCUT2D eigenvalue weighted by Crippen LogP contribution is 2.28. The van der Waals surface area contributed by atoms with Crippen LogP contribution < -0.4 is 15.8 Å². The lowest BCUT2D eigenvalue weighted by Gasteiger charge is -2.27. The summed E-state index contributed by atoms with van der Waals surface area (Å²) in [6.45, 7) is 7.32. The number of nitrogens with two attached hydrogens (primary N) is 1. The van der Waals surface area contributed by atoms with Crippen LogP contribution in [0.3, 0.4) is 0 Å². The quantitative estimate of drug-likeness (QED) is 0.836. The van der Waals surface area contributed by atoms with E-state index in [0.29, 0.717) is 29.1 Å². The maximum Gasteiger partial charge on any atom is 0.241 e. The van der Waals surface area contributed by atoms with Crippen LogP contribution >= 0.6 is 0 Å². The van der Waals surface area contributed by atoms with Crippen LogP contribution in [0.5, 0.6) is 5.75 Å². The lowest BCUT2D eigenvalue weighted by Crippen LogP contribution is -2.43. The average Bonchev–Trinajstić information content (AvgIpc) is 2.78. The lowest BCUT2D eigenvalue weighted by molar-refractivity contribution is -0.121. The Morgan fingerprint density at radius 1 is 1.48 bits per heavy atom. The summed E-state index contributed by atoms with van der Waals surface area (Å²) in [7, 11) is 1.57. The molecule has 5 heteroatoms. The molecule has 21 heavy (non-hydrogen) atoms. The van der Waals surface area contributed by atoms with E-state index in [0.717, 1.165) is 13.0 Å². The summed E-state index contributed by atoms with van der Waals surface area (Å²) >= 11 is 0. The molecule has 0 bridgehead atoms. The van der Waals surface area contributed by atoms with Gasteiger partial charge in [0, 0.05) is 24.3 Å².